The molecule has 0 radical (unpaired) electrons. The Balaban J connectivity index is 1.38. The van der Waals surface area contributed by atoms with Crippen LogP contribution in [0.5, 0.6) is 0 Å². The highest BCUT2D eigenvalue weighted by Gasteiger charge is 2.13. The average Bonchev–Trinajstić information content (AvgIpc) is 2.95. The fraction of sp³-hybridized carbons (Fsp3) is 0. The maximum absolute atomic E-state index is 3.53. The molecule has 0 spiro atoms. The van der Waals surface area contributed by atoms with E-state index in [2.05, 4.69) is 166 Å². The van der Waals surface area contributed by atoms with Gasteiger partial charge >= 0.3 is 0 Å². The highest BCUT2D eigenvalue weighted by atomic mass is 79.9. The lowest BCUT2D eigenvalue weighted by Crippen LogP contribution is -2.09. The second-order valence-electron chi connectivity index (χ2n) is 8.84. The van der Waals surface area contributed by atoms with Crippen LogP contribution in [-0.4, -0.2) is 0 Å². The predicted octanol–water partition coefficient (Wildman–Crippen LogP) is 10.4. The van der Waals surface area contributed by atoms with Crippen LogP contribution in [0.1, 0.15) is 0 Å². The van der Waals surface area contributed by atoms with E-state index in [1.54, 1.807) is 0 Å². The van der Waals surface area contributed by atoms with Crippen LogP contribution in [0.4, 0.5) is 17.1 Å². The van der Waals surface area contributed by atoms with Crippen LogP contribution < -0.4 is 4.90 Å². The van der Waals surface area contributed by atoms with Crippen molar-refractivity contribution in [3.05, 3.63) is 150 Å². The summed E-state index contributed by atoms with van der Waals surface area (Å²) in [6, 6.07) is 51.8. The second kappa shape index (κ2) is 9.85. The zero-order valence-corrected chi connectivity index (χ0v) is 21.3. The van der Waals surface area contributed by atoms with Crippen molar-refractivity contribution >= 4 is 43.8 Å². The number of rotatable bonds is 5. The van der Waals surface area contributed by atoms with Gasteiger partial charge in [0.2, 0.25) is 0 Å². The van der Waals surface area contributed by atoms with Gasteiger partial charge in [-0.1, -0.05) is 107 Å². The monoisotopic (exact) mass is 525 g/mol. The minimum Gasteiger partial charge on any atom is -0.310 e. The first-order chi connectivity index (χ1) is 17.7. The molecule has 6 aromatic rings. The van der Waals surface area contributed by atoms with Crippen LogP contribution in [0.3, 0.4) is 0 Å². The van der Waals surface area contributed by atoms with Gasteiger partial charge in [0.1, 0.15) is 0 Å². The standard InChI is InChI=1S/C34H24BrN/c35-31-18-13-26(14-19-31)28-9-6-10-29(23-28)27-15-20-33(21-16-27)36(32-11-2-1-3-12-32)34-22-17-25-7-4-5-8-30(25)24-34/h1-24H. The number of hydrogen-bond donors (Lipinski definition) is 0. The van der Waals surface area contributed by atoms with E-state index in [-0.39, 0.29) is 0 Å². The lowest BCUT2D eigenvalue weighted by Gasteiger charge is -2.26. The zero-order valence-electron chi connectivity index (χ0n) is 19.7. The molecule has 172 valence electrons. The fourth-order valence-corrected chi connectivity index (χ4v) is 4.93. The van der Waals surface area contributed by atoms with E-state index in [0.29, 0.717) is 0 Å². The van der Waals surface area contributed by atoms with Gasteiger partial charge in [-0.2, -0.15) is 0 Å². The molecule has 0 bridgehead atoms. The number of benzene rings is 6. The van der Waals surface area contributed by atoms with Crippen molar-refractivity contribution in [3.63, 3.8) is 0 Å². The van der Waals surface area contributed by atoms with Crippen molar-refractivity contribution in [2.45, 2.75) is 0 Å². The first-order valence-corrected chi connectivity index (χ1v) is 12.8. The summed E-state index contributed by atoms with van der Waals surface area (Å²) in [5.74, 6) is 0. The van der Waals surface area contributed by atoms with Crippen LogP contribution in [0.25, 0.3) is 33.0 Å². The Hall–Kier alpha value is -4.14. The number of nitrogens with zero attached hydrogens (tertiary/aromatic N) is 1. The quantitative estimate of drug-likeness (QED) is 0.216. The molecule has 0 heterocycles. The largest absolute Gasteiger partial charge is 0.310 e. The molecule has 0 amide bonds. The molecule has 6 aromatic carbocycles. The Bertz CT molecular complexity index is 1620. The number of fused-ring (bicyclic) bond motifs is 1. The lowest BCUT2D eigenvalue weighted by atomic mass is 9.99. The van der Waals surface area contributed by atoms with E-state index >= 15 is 0 Å². The molecule has 0 atom stereocenters. The summed E-state index contributed by atoms with van der Waals surface area (Å²) in [6.07, 6.45) is 0. The molecular weight excluding hydrogens is 502 g/mol. The Kier molecular flexibility index (Phi) is 6.11. The minimum atomic E-state index is 1.09. The molecule has 0 fully saturated rings. The zero-order chi connectivity index (χ0) is 24.3. The molecule has 0 unspecified atom stereocenters. The number of hydrogen-bond acceptors (Lipinski definition) is 1. The summed E-state index contributed by atoms with van der Waals surface area (Å²) in [5, 5.41) is 2.48. The molecule has 0 aliphatic rings. The maximum atomic E-state index is 3.53. The van der Waals surface area contributed by atoms with Crippen molar-refractivity contribution in [3.8, 4) is 22.3 Å². The van der Waals surface area contributed by atoms with Gasteiger partial charge in [-0.3, -0.25) is 0 Å². The molecule has 1 nitrogen and oxygen atoms in total. The molecule has 0 aliphatic heterocycles. The minimum absolute atomic E-state index is 1.09. The van der Waals surface area contributed by atoms with E-state index in [4.69, 9.17) is 0 Å². The van der Waals surface area contributed by atoms with Gasteiger partial charge in [-0.25, -0.2) is 0 Å². The SMILES string of the molecule is Brc1ccc(-c2cccc(-c3ccc(N(c4ccccc4)c4ccc5ccccc5c4)cc3)c2)cc1. The first-order valence-electron chi connectivity index (χ1n) is 12.0. The molecular formula is C34H24BrN. The summed E-state index contributed by atoms with van der Waals surface area (Å²) < 4.78 is 1.09. The van der Waals surface area contributed by atoms with Crippen LogP contribution in [0, 0.1) is 0 Å². The Morgan fingerprint density at radius 1 is 0.361 bits per heavy atom. The molecule has 0 aliphatic carbocycles. The summed E-state index contributed by atoms with van der Waals surface area (Å²) in [7, 11) is 0. The molecule has 0 saturated heterocycles. The molecule has 0 saturated carbocycles. The highest BCUT2D eigenvalue weighted by molar-refractivity contribution is 9.10. The first kappa shape index (κ1) is 22.3. The second-order valence-corrected chi connectivity index (χ2v) is 9.75. The highest BCUT2D eigenvalue weighted by Crippen LogP contribution is 2.37. The topological polar surface area (TPSA) is 3.24 Å². The van der Waals surface area contributed by atoms with Crippen LogP contribution in [0.15, 0.2) is 150 Å². The van der Waals surface area contributed by atoms with Gasteiger partial charge in [0, 0.05) is 21.5 Å². The van der Waals surface area contributed by atoms with E-state index in [1.807, 2.05) is 0 Å². The van der Waals surface area contributed by atoms with E-state index in [9.17, 15) is 0 Å². The number of halogens is 1. The normalized spacial score (nSPS) is 10.9. The Labute approximate surface area is 220 Å². The number of anilines is 3. The predicted molar refractivity (Wildman–Crippen MR) is 157 cm³/mol. The van der Waals surface area contributed by atoms with E-state index < -0.39 is 0 Å². The summed E-state index contributed by atoms with van der Waals surface area (Å²) in [6.45, 7) is 0. The van der Waals surface area contributed by atoms with Crippen molar-refractivity contribution < 1.29 is 0 Å². The Morgan fingerprint density at radius 2 is 0.917 bits per heavy atom. The van der Waals surface area contributed by atoms with Crippen LogP contribution in [-0.2, 0) is 0 Å². The number of para-hydroxylation sites is 1. The third kappa shape index (κ3) is 4.56. The van der Waals surface area contributed by atoms with Gasteiger partial charge in [0.05, 0.1) is 0 Å². The van der Waals surface area contributed by atoms with Crippen LogP contribution in [0.2, 0.25) is 0 Å². The van der Waals surface area contributed by atoms with Gasteiger partial charge in [0.15, 0.2) is 0 Å². The van der Waals surface area contributed by atoms with Crippen molar-refractivity contribution in [2.75, 3.05) is 4.90 Å². The summed E-state index contributed by atoms with van der Waals surface area (Å²) >= 11 is 3.53. The molecule has 36 heavy (non-hydrogen) atoms. The molecule has 0 aromatic heterocycles. The fourth-order valence-electron chi connectivity index (χ4n) is 4.66. The third-order valence-electron chi connectivity index (χ3n) is 6.50. The van der Waals surface area contributed by atoms with Crippen molar-refractivity contribution in [1.82, 2.24) is 0 Å². The molecule has 0 N–H and O–H groups in total. The van der Waals surface area contributed by atoms with Gasteiger partial charge < -0.3 is 4.90 Å². The van der Waals surface area contributed by atoms with Crippen molar-refractivity contribution in [2.24, 2.45) is 0 Å². The average molecular weight is 526 g/mol. The summed E-state index contributed by atoms with van der Waals surface area (Å²) in [4.78, 5) is 2.31. The molecule has 2 heteroatoms. The smallest absolute Gasteiger partial charge is 0.0468 e. The van der Waals surface area contributed by atoms with Gasteiger partial charge in [-0.15, -0.1) is 0 Å². The van der Waals surface area contributed by atoms with Gasteiger partial charge in [-0.05, 0) is 87.6 Å². The van der Waals surface area contributed by atoms with Crippen LogP contribution >= 0.6 is 15.9 Å². The maximum Gasteiger partial charge on any atom is 0.0468 e. The lowest BCUT2D eigenvalue weighted by molar-refractivity contribution is 1.29. The van der Waals surface area contributed by atoms with E-state index in [1.165, 1.54) is 33.0 Å². The van der Waals surface area contributed by atoms with E-state index in [0.717, 1.165) is 21.5 Å². The summed E-state index contributed by atoms with van der Waals surface area (Å²) in [5.41, 5.74) is 8.24. The Morgan fingerprint density at radius 3 is 1.61 bits per heavy atom. The van der Waals surface area contributed by atoms with Crippen molar-refractivity contribution in [1.29, 1.82) is 0 Å². The van der Waals surface area contributed by atoms with Gasteiger partial charge in [0.25, 0.3) is 0 Å². The molecule has 6 rings (SSSR count). The third-order valence-corrected chi connectivity index (χ3v) is 7.03.